The largest absolute Gasteiger partial charge is 0.384 e. The van der Waals surface area contributed by atoms with Crippen molar-refractivity contribution in [1.29, 1.82) is 0 Å². The molecule has 1 heterocycles. The van der Waals surface area contributed by atoms with E-state index >= 15 is 0 Å². The van der Waals surface area contributed by atoms with E-state index in [2.05, 4.69) is 5.32 Å². The van der Waals surface area contributed by atoms with Crippen molar-refractivity contribution in [3.8, 4) is 0 Å². The Morgan fingerprint density at radius 1 is 1.44 bits per heavy atom. The highest BCUT2D eigenvalue weighted by atomic mass is 16.5. The highest BCUT2D eigenvalue weighted by molar-refractivity contribution is 5.03. The SMILES string of the molecule is COCC1C2CNCC21. The zero-order valence-corrected chi connectivity index (χ0v) is 5.76. The molecular weight excluding hydrogens is 114 g/mol. The molecular formula is C7H13NO. The number of methoxy groups -OCH3 is 1. The molecule has 52 valence electrons. The summed E-state index contributed by atoms with van der Waals surface area (Å²) in [6.45, 7) is 3.45. The summed E-state index contributed by atoms with van der Waals surface area (Å²) in [6, 6.07) is 0. The summed E-state index contributed by atoms with van der Waals surface area (Å²) in [5, 5.41) is 3.35. The quantitative estimate of drug-likeness (QED) is 0.568. The Kier molecular flexibility index (Phi) is 1.24. The van der Waals surface area contributed by atoms with E-state index in [0.29, 0.717) is 0 Å². The van der Waals surface area contributed by atoms with E-state index in [1.807, 2.05) is 0 Å². The second-order valence-electron chi connectivity index (χ2n) is 3.11. The molecule has 1 N–H and O–H groups in total. The van der Waals surface area contributed by atoms with Gasteiger partial charge in [-0.3, -0.25) is 0 Å². The lowest BCUT2D eigenvalue weighted by Crippen LogP contribution is -2.16. The number of ether oxygens (including phenoxy) is 1. The Morgan fingerprint density at radius 2 is 2.11 bits per heavy atom. The molecule has 0 spiro atoms. The fourth-order valence-electron chi connectivity index (χ4n) is 1.99. The van der Waals surface area contributed by atoms with Gasteiger partial charge in [-0.25, -0.2) is 0 Å². The maximum Gasteiger partial charge on any atom is 0.0496 e. The lowest BCUT2D eigenvalue weighted by molar-refractivity contribution is 0.175. The van der Waals surface area contributed by atoms with Crippen molar-refractivity contribution in [2.24, 2.45) is 17.8 Å². The van der Waals surface area contributed by atoms with Crippen molar-refractivity contribution in [2.75, 3.05) is 26.8 Å². The van der Waals surface area contributed by atoms with Gasteiger partial charge >= 0.3 is 0 Å². The first kappa shape index (κ1) is 5.69. The molecule has 1 saturated heterocycles. The van der Waals surface area contributed by atoms with Crippen molar-refractivity contribution >= 4 is 0 Å². The van der Waals surface area contributed by atoms with Crippen LogP contribution in [0.2, 0.25) is 0 Å². The van der Waals surface area contributed by atoms with Crippen LogP contribution < -0.4 is 5.32 Å². The number of piperidine rings is 1. The molecule has 2 aliphatic rings. The highest BCUT2D eigenvalue weighted by Gasteiger charge is 2.52. The third-order valence-corrected chi connectivity index (χ3v) is 2.63. The van der Waals surface area contributed by atoms with Gasteiger partial charge in [0.05, 0.1) is 0 Å². The molecule has 2 unspecified atom stereocenters. The number of hydrogen-bond donors (Lipinski definition) is 1. The van der Waals surface area contributed by atoms with Crippen molar-refractivity contribution < 1.29 is 4.74 Å². The number of hydrogen-bond acceptors (Lipinski definition) is 2. The zero-order valence-electron chi connectivity index (χ0n) is 5.76. The predicted octanol–water partition coefficient (Wildman–Crippen LogP) is 0.0982. The Hall–Kier alpha value is -0.0800. The van der Waals surface area contributed by atoms with Crippen LogP contribution in [0, 0.1) is 17.8 Å². The van der Waals surface area contributed by atoms with Gasteiger partial charge < -0.3 is 10.1 Å². The van der Waals surface area contributed by atoms with Crippen LogP contribution in [0.15, 0.2) is 0 Å². The number of rotatable bonds is 2. The van der Waals surface area contributed by atoms with E-state index < -0.39 is 0 Å². The van der Waals surface area contributed by atoms with Crippen LogP contribution >= 0.6 is 0 Å². The summed E-state index contributed by atoms with van der Waals surface area (Å²) in [5.74, 6) is 2.83. The zero-order chi connectivity index (χ0) is 6.27. The first-order valence-corrected chi connectivity index (χ1v) is 3.63. The predicted molar refractivity (Wildman–Crippen MR) is 35.2 cm³/mol. The van der Waals surface area contributed by atoms with Crippen LogP contribution in [0.1, 0.15) is 0 Å². The number of nitrogens with one attached hydrogen (secondary N) is 1. The van der Waals surface area contributed by atoms with Gasteiger partial charge in [0.25, 0.3) is 0 Å². The van der Waals surface area contributed by atoms with Crippen molar-refractivity contribution in [1.82, 2.24) is 5.32 Å². The minimum atomic E-state index is 0.899. The molecule has 2 fully saturated rings. The Morgan fingerprint density at radius 3 is 2.67 bits per heavy atom. The lowest BCUT2D eigenvalue weighted by Gasteiger charge is -2.00. The van der Waals surface area contributed by atoms with Gasteiger partial charge in [-0.2, -0.15) is 0 Å². The van der Waals surface area contributed by atoms with Crippen LogP contribution in [-0.2, 0) is 4.74 Å². The van der Waals surface area contributed by atoms with E-state index in [0.717, 1.165) is 24.4 Å². The van der Waals surface area contributed by atoms with Crippen LogP contribution in [0.5, 0.6) is 0 Å². The minimum Gasteiger partial charge on any atom is -0.384 e. The lowest BCUT2D eigenvalue weighted by atomic mass is 10.3. The molecule has 0 bridgehead atoms. The summed E-state index contributed by atoms with van der Waals surface area (Å²) in [5.41, 5.74) is 0. The van der Waals surface area contributed by atoms with E-state index in [1.54, 1.807) is 7.11 Å². The minimum absolute atomic E-state index is 0.899. The third kappa shape index (κ3) is 0.775. The molecule has 0 aromatic rings. The molecule has 0 aromatic carbocycles. The Labute approximate surface area is 55.6 Å². The van der Waals surface area contributed by atoms with Crippen molar-refractivity contribution in [3.63, 3.8) is 0 Å². The van der Waals surface area contributed by atoms with Gasteiger partial charge in [0.1, 0.15) is 0 Å². The van der Waals surface area contributed by atoms with Crippen LogP contribution in [0.25, 0.3) is 0 Å². The summed E-state index contributed by atoms with van der Waals surface area (Å²) >= 11 is 0. The van der Waals surface area contributed by atoms with Crippen LogP contribution in [0.4, 0.5) is 0 Å². The molecule has 1 aliphatic heterocycles. The molecule has 9 heavy (non-hydrogen) atoms. The standard InChI is InChI=1S/C7H13NO/c1-9-4-7-5-2-8-3-6(5)7/h5-8H,2-4H2,1H3. The molecule has 2 nitrogen and oxygen atoms in total. The van der Waals surface area contributed by atoms with E-state index in [9.17, 15) is 0 Å². The fourth-order valence-corrected chi connectivity index (χ4v) is 1.99. The van der Waals surface area contributed by atoms with E-state index in [1.165, 1.54) is 13.1 Å². The van der Waals surface area contributed by atoms with Gasteiger partial charge in [-0.05, 0) is 30.8 Å². The van der Waals surface area contributed by atoms with Gasteiger partial charge in [-0.15, -0.1) is 0 Å². The van der Waals surface area contributed by atoms with E-state index in [4.69, 9.17) is 4.74 Å². The fraction of sp³-hybridized carbons (Fsp3) is 1.00. The molecule has 0 aromatic heterocycles. The van der Waals surface area contributed by atoms with Crippen LogP contribution in [0.3, 0.4) is 0 Å². The number of fused-ring (bicyclic) bond motifs is 1. The van der Waals surface area contributed by atoms with E-state index in [-0.39, 0.29) is 0 Å². The van der Waals surface area contributed by atoms with Gasteiger partial charge in [0.15, 0.2) is 0 Å². The molecule has 2 rings (SSSR count). The average molecular weight is 127 g/mol. The topological polar surface area (TPSA) is 21.3 Å². The maximum atomic E-state index is 5.07. The van der Waals surface area contributed by atoms with Gasteiger partial charge in [0, 0.05) is 13.7 Å². The monoisotopic (exact) mass is 127 g/mol. The first-order valence-electron chi connectivity index (χ1n) is 3.63. The Bertz CT molecular complexity index is 105. The molecule has 2 heteroatoms. The maximum absolute atomic E-state index is 5.07. The van der Waals surface area contributed by atoms with Crippen molar-refractivity contribution in [3.05, 3.63) is 0 Å². The molecule has 0 radical (unpaired) electrons. The Balaban J connectivity index is 1.81. The summed E-state index contributed by atoms with van der Waals surface area (Å²) in [6.07, 6.45) is 0. The van der Waals surface area contributed by atoms with Gasteiger partial charge in [-0.1, -0.05) is 0 Å². The second-order valence-corrected chi connectivity index (χ2v) is 3.11. The second kappa shape index (κ2) is 1.96. The average Bonchev–Trinajstić information content (AvgIpc) is 2.39. The highest BCUT2D eigenvalue weighted by Crippen LogP contribution is 2.48. The molecule has 0 amide bonds. The smallest absolute Gasteiger partial charge is 0.0496 e. The summed E-state index contributed by atoms with van der Waals surface area (Å²) in [7, 11) is 1.79. The normalized spacial score (nSPS) is 47.0. The first-order chi connectivity index (χ1) is 4.43. The summed E-state index contributed by atoms with van der Waals surface area (Å²) in [4.78, 5) is 0. The summed E-state index contributed by atoms with van der Waals surface area (Å²) < 4.78 is 5.07. The molecule has 1 saturated carbocycles. The molecule has 1 aliphatic carbocycles. The van der Waals surface area contributed by atoms with Gasteiger partial charge in [0.2, 0.25) is 0 Å². The van der Waals surface area contributed by atoms with Crippen LogP contribution in [-0.4, -0.2) is 26.8 Å². The molecule has 2 atom stereocenters. The van der Waals surface area contributed by atoms with Crippen molar-refractivity contribution in [2.45, 2.75) is 0 Å². The third-order valence-electron chi connectivity index (χ3n) is 2.63.